The SMILES string of the molecule is CCCOc1c(Cl)cc(C(=O)Nc2sc3c(c2C(=O)NCc2cccnc2)CCC3)cc1Cl. The number of anilines is 1. The van der Waals surface area contributed by atoms with Crippen LogP contribution in [0.4, 0.5) is 5.00 Å². The molecule has 1 aromatic carbocycles. The van der Waals surface area contributed by atoms with E-state index in [4.69, 9.17) is 27.9 Å². The van der Waals surface area contributed by atoms with Gasteiger partial charge in [0.15, 0.2) is 5.75 Å². The van der Waals surface area contributed by atoms with Crippen LogP contribution in [0.25, 0.3) is 0 Å². The van der Waals surface area contributed by atoms with E-state index < -0.39 is 0 Å². The van der Waals surface area contributed by atoms with E-state index in [0.29, 0.717) is 35.0 Å². The van der Waals surface area contributed by atoms with E-state index in [1.807, 2.05) is 19.1 Å². The first kappa shape index (κ1) is 23.5. The predicted octanol–water partition coefficient (Wildman–Crippen LogP) is 5.91. The zero-order chi connectivity index (χ0) is 23.4. The molecule has 0 saturated carbocycles. The quantitative estimate of drug-likeness (QED) is 0.400. The first-order valence-electron chi connectivity index (χ1n) is 10.7. The molecule has 0 atom stereocenters. The van der Waals surface area contributed by atoms with E-state index in [1.165, 1.54) is 23.5 Å². The van der Waals surface area contributed by atoms with Gasteiger partial charge >= 0.3 is 0 Å². The lowest BCUT2D eigenvalue weighted by molar-refractivity contribution is 0.0951. The van der Waals surface area contributed by atoms with Crippen molar-refractivity contribution in [1.29, 1.82) is 0 Å². The molecule has 9 heteroatoms. The van der Waals surface area contributed by atoms with Crippen LogP contribution < -0.4 is 15.4 Å². The molecule has 2 N–H and O–H groups in total. The first-order valence-corrected chi connectivity index (χ1v) is 12.3. The lowest BCUT2D eigenvalue weighted by Gasteiger charge is -2.12. The molecule has 172 valence electrons. The van der Waals surface area contributed by atoms with Crippen LogP contribution in [0.5, 0.6) is 5.75 Å². The molecule has 1 aliphatic rings. The highest BCUT2D eigenvalue weighted by atomic mass is 35.5. The molecule has 3 aromatic rings. The minimum atomic E-state index is -0.387. The molecule has 2 amide bonds. The summed E-state index contributed by atoms with van der Waals surface area (Å²) in [7, 11) is 0. The van der Waals surface area contributed by atoms with E-state index in [1.54, 1.807) is 12.4 Å². The van der Waals surface area contributed by atoms with Gasteiger partial charge in [-0.1, -0.05) is 36.2 Å². The average molecular weight is 504 g/mol. The van der Waals surface area contributed by atoms with Gasteiger partial charge < -0.3 is 15.4 Å². The second-order valence-corrected chi connectivity index (χ2v) is 9.60. The number of hydrogen-bond acceptors (Lipinski definition) is 5. The van der Waals surface area contributed by atoms with E-state index in [-0.39, 0.29) is 21.9 Å². The summed E-state index contributed by atoms with van der Waals surface area (Å²) < 4.78 is 5.57. The molecule has 0 fully saturated rings. The van der Waals surface area contributed by atoms with E-state index in [2.05, 4.69) is 15.6 Å². The molecule has 1 aliphatic carbocycles. The van der Waals surface area contributed by atoms with Crippen molar-refractivity contribution in [1.82, 2.24) is 10.3 Å². The summed E-state index contributed by atoms with van der Waals surface area (Å²) in [5.41, 5.74) is 2.74. The molecular formula is C24H23Cl2N3O3S. The lowest BCUT2D eigenvalue weighted by Crippen LogP contribution is -2.25. The number of benzene rings is 1. The Morgan fingerprint density at radius 3 is 2.67 bits per heavy atom. The van der Waals surface area contributed by atoms with Crippen LogP contribution in [-0.4, -0.2) is 23.4 Å². The Bertz CT molecular complexity index is 1160. The molecule has 4 rings (SSSR count). The second-order valence-electron chi connectivity index (χ2n) is 7.68. The number of nitrogens with one attached hydrogen (secondary N) is 2. The van der Waals surface area contributed by atoms with Crippen molar-refractivity contribution in [2.45, 2.75) is 39.2 Å². The summed E-state index contributed by atoms with van der Waals surface area (Å²) in [4.78, 5) is 31.3. The molecular weight excluding hydrogens is 481 g/mol. The lowest BCUT2D eigenvalue weighted by atomic mass is 10.1. The van der Waals surface area contributed by atoms with Gasteiger partial charge in [0.1, 0.15) is 5.00 Å². The zero-order valence-electron chi connectivity index (χ0n) is 18.0. The van der Waals surface area contributed by atoms with Gasteiger partial charge in [0, 0.05) is 29.4 Å². The van der Waals surface area contributed by atoms with Gasteiger partial charge in [0.05, 0.1) is 22.2 Å². The average Bonchev–Trinajstić information content (AvgIpc) is 3.38. The highest BCUT2D eigenvalue weighted by Crippen LogP contribution is 2.40. The Morgan fingerprint density at radius 1 is 1.18 bits per heavy atom. The number of rotatable bonds is 8. The third kappa shape index (κ3) is 5.32. The standard InChI is InChI=1S/C24H23Cl2N3O3S/c1-2-9-32-21-17(25)10-15(11-18(21)26)22(30)29-24-20(16-6-3-7-19(16)33-24)23(31)28-13-14-5-4-8-27-12-14/h4-5,8,10-12H,2-3,6-7,9,13H2,1H3,(H,28,31)(H,29,30). The molecule has 33 heavy (non-hydrogen) atoms. The van der Waals surface area contributed by atoms with Crippen molar-refractivity contribution in [2.24, 2.45) is 0 Å². The van der Waals surface area contributed by atoms with Crippen molar-refractivity contribution >= 4 is 51.4 Å². The maximum absolute atomic E-state index is 13.1. The summed E-state index contributed by atoms with van der Waals surface area (Å²) in [6.45, 7) is 2.81. The van der Waals surface area contributed by atoms with Gasteiger partial charge in [-0.05, 0) is 55.0 Å². The maximum Gasteiger partial charge on any atom is 0.256 e. The van der Waals surface area contributed by atoms with Crippen molar-refractivity contribution in [3.63, 3.8) is 0 Å². The normalized spacial score (nSPS) is 12.3. The number of amides is 2. The largest absolute Gasteiger partial charge is 0.490 e. The van der Waals surface area contributed by atoms with Crippen molar-refractivity contribution < 1.29 is 14.3 Å². The Labute approximate surface area is 206 Å². The van der Waals surface area contributed by atoms with Crippen molar-refractivity contribution in [3.05, 3.63) is 73.8 Å². The highest BCUT2D eigenvalue weighted by molar-refractivity contribution is 7.17. The number of fused-ring (bicyclic) bond motifs is 1. The molecule has 0 radical (unpaired) electrons. The van der Waals surface area contributed by atoms with Crippen LogP contribution in [0.15, 0.2) is 36.7 Å². The predicted molar refractivity (Wildman–Crippen MR) is 132 cm³/mol. The van der Waals surface area contributed by atoms with Gasteiger partial charge in [-0.15, -0.1) is 11.3 Å². The summed E-state index contributed by atoms with van der Waals surface area (Å²) in [5.74, 6) is -0.239. The number of ether oxygens (including phenoxy) is 1. The van der Waals surface area contributed by atoms with Crippen LogP contribution >= 0.6 is 34.5 Å². The van der Waals surface area contributed by atoms with Gasteiger partial charge in [-0.2, -0.15) is 0 Å². The van der Waals surface area contributed by atoms with Crippen LogP contribution in [-0.2, 0) is 19.4 Å². The fourth-order valence-corrected chi connectivity index (χ4v) is 5.59. The van der Waals surface area contributed by atoms with Crippen molar-refractivity contribution in [3.8, 4) is 5.75 Å². The first-order chi connectivity index (χ1) is 16.0. The zero-order valence-corrected chi connectivity index (χ0v) is 20.4. The van der Waals surface area contributed by atoms with Gasteiger partial charge in [0.2, 0.25) is 0 Å². The van der Waals surface area contributed by atoms with Crippen molar-refractivity contribution in [2.75, 3.05) is 11.9 Å². The van der Waals surface area contributed by atoms with Gasteiger partial charge in [-0.25, -0.2) is 0 Å². The molecule has 2 aromatic heterocycles. The van der Waals surface area contributed by atoms with Crippen LogP contribution in [0.3, 0.4) is 0 Å². The highest BCUT2D eigenvalue weighted by Gasteiger charge is 2.28. The fourth-order valence-electron chi connectivity index (χ4n) is 3.71. The number of aromatic nitrogens is 1. The third-order valence-electron chi connectivity index (χ3n) is 5.26. The van der Waals surface area contributed by atoms with Crippen LogP contribution in [0.2, 0.25) is 10.0 Å². The minimum Gasteiger partial charge on any atom is -0.490 e. The number of hydrogen-bond donors (Lipinski definition) is 2. The molecule has 6 nitrogen and oxygen atoms in total. The van der Waals surface area contributed by atoms with Crippen LogP contribution in [0.1, 0.15) is 56.5 Å². The number of nitrogens with zero attached hydrogens (tertiary/aromatic N) is 1. The summed E-state index contributed by atoms with van der Waals surface area (Å²) >= 11 is 14.1. The Morgan fingerprint density at radius 2 is 1.97 bits per heavy atom. The second kappa shape index (κ2) is 10.5. The molecule has 0 unspecified atom stereocenters. The van der Waals surface area contributed by atoms with E-state index in [9.17, 15) is 9.59 Å². The number of thiophene rings is 1. The summed E-state index contributed by atoms with van der Waals surface area (Å²) in [6, 6.07) is 6.77. The number of aryl methyl sites for hydroxylation is 1. The molecule has 0 spiro atoms. The maximum atomic E-state index is 13.1. The number of halogens is 2. The monoisotopic (exact) mass is 503 g/mol. The molecule has 2 heterocycles. The fraction of sp³-hybridized carbons (Fsp3) is 0.292. The van der Waals surface area contributed by atoms with Crippen LogP contribution in [0, 0.1) is 0 Å². The Balaban J connectivity index is 1.55. The van der Waals surface area contributed by atoms with Gasteiger partial charge in [0.25, 0.3) is 11.8 Å². The van der Waals surface area contributed by atoms with Gasteiger partial charge in [-0.3, -0.25) is 14.6 Å². The number of carbonyl (C=O) groups excluding carboxylic acids is 2. The molecule has 0 aliphatic heterocycles. The smallest absolute Gasteiger partial charge is 0.256 e. The number of pyridine rings is 1. The third-order valence-corrected chi connectivity index (χ3v) is 7.03. The summed E-state index contributed by atoms with van der Waals surface area (Å²) in [5, 5.41) is 6.92. The molecule has 0 saturated heterocycles. The minimum absolute atomic E-state index is 0.215. The summed E-state index contributed by atoms with van der Waals surface area (Å²) in [6.07, 6.45) is 6.93. The Hall–Kier alpha value is -2.61. The van der Waals surface area contributed by atoms with E-state index >= 15 is 0 Å². The number of carbonyl (C=O) groups is 2. The molecule has 0 bridgehead atoms. The Kier molecular flexibility index (Phi) is 7.53. The topological polar surface area (TPSA) is 80.3 Å². The van der Waals surface area contributed by atoms with E-state index in [0.717, 1.165) is 41.7 Å².